The second-order valence-electron chi connectivity index (χ2n) is 3.91. The molecule has 0 bridgehead atoms. The van der Waals surface area contributed by atoms with Gasteiger partial charge in [-0.25, -0.2) is 14.0 Å². The molecule has 0 aliphatic carbocycles. The molecule has 0 heterocycles. The minimum Gasteiger partial charge on any atom is -0.478 e. The summed E-state index contributed by atoms with van der Waals surface area (Å²) in [5, 5.41) is 19.9. The largest absolute Gasteiger partial charge is 0.478 e. The van der Waals surface area contributed by atoms with Crippen LogP contribution in [0, 0.1) is 17.1 Å². The number of hydrogen-bond donors (Lipinski definition) is 2. The molecule has 0 atom stereocenters. The van der Waals surface area contributed by atoms with Crippen molar-refractivity contribution in [1.82, 2.24) is 4.90 Å². The smallest absolute Gasteiger partial charge is 0.337 e. The highest BCUT2D eigenvalue weighted by atomic mass is 19.1. The maximum Gasteiger partial charge on any atom is 0.337 e. The summed E-state index contributed by atoms with van der Waals surface area (Å²) < 4.78 is 13.0. The lowest BCUT2D eigenvalue weighted by Crippen LogP contribution is -2.35. The number of carboxylic acid groups (broad SMARTS) is 1. The molecule has 0 aromatic heterocycles. The van der Waals surface area contributed by atoms with E-state index in [-0.39, 0.29) is 24.2 Å². The Balaban J connectivity index is 2.90. The molecule has 0 fully saturated rings. The van der Waals surface area contributed by atoms with Crippen LogP contribution < -0.4 is 5.32 Å². The van der Waals surface area contributed by atoms with Crippen molar-refractivity contribution in [1.29, 1.82) is 5.26 Å². The zero-order chi connectivity index (χ0) is 15.1. The summed E-state index contributed by atoms with van der Waals surface area (Å²) in [5.74, 6) is -2.03. The number of carboxylic acids is 1. The van der Waals surface area contributed by atoms with Crippen molar-refractivity contribution in [2.24, 2.45) is 0 Å². The summed E-state index contributed by atoms with van der Waals surface area (Å²) in [6, 6.07) is 4.48. The van der Waals surface area contributed by atoms with Gasteiger partial charge in [-0.1, -0.05) is 0 Å². The van der Waals surface area contributed by atoms with Crippen LogP contribution in [0.4, 0.5) is 14.9 Å². The predicted octanol–water partition coefficient (Wildman–Crippen LogP) is 2.29. The van der Waals surface area contributed by atoms with Gasteiger partial charge in [0, 0.05) is 13.1 Å². The minimum atomic E-state index is -1.33. The van der Waals surface area contributed by atoms with Crippen LogP contribution in [0.5, 0.6) is 0 Å². The zero-order valence-electron chi connectivity index (χ0n) is 10.9. The fourth-order valence-corrected chi connectivity index (χ4v) is 1.58. The number of amides is 2. The van der Waals surface area contributed by atoms with Crippen molar-refractivity contribution in [3.8, 4) is 6.07 Å². The van der Waals surface area contributed by atoms with E-state index in [0.29, 0.717) is 6.54 Å². The number of nitriles is 1. The molecule has 0 spiro atoms. The van der Waals surface area contributed by atoms with E-state index in [2.05, 4.69) is 5.32 Å². The maximum atomic E-state index is 13.0. The van der Waals surface area contributed by atoms with Gasteiger partial charge in [-0.05, 0) is 25.1 Å². The Morgan fingerprint density at radius 2 is 2.20 bits per heavy atom. The molecular weight excluding hydrogens is 265 g/mol. The quantitative estimate of drug-likeness (QED) is 0.864. The van der Waals surface area contributed by atoms with Gasteiger partial charge < -0.3 is 15.3 Å². The zero-order valence-corrected chi connectivity index (χ0v) is 10.9. The van der Waals surface area contributed by atoms with Gasteiger partial charge in [-0.2, -0.15) is 5.26 Å². The number of halogens is 1. The average Bonchev–Trinajstić information content (AvgIpc) is 2.41. The van der Waals surface area contributed by atoms with Crippen LogP contribution in [0.25, 0.3) is 0 Å². The Kier molecular flexibility index (Phi) is 5.47. The number of carbonyl (C=O) groups excluding carboxylic acids is 1. The van der Waals surface area contributed by atoms with E-state index in [4.69, 9.17) is 10.4 Å². The van der Waals surface area contributed by atoms with Crippen molar-refractivity contribution in [2.75, 3.05) is 18.4 Å². The third kappa shape index (κ3) is 3.95. The molecule has 6 nitrogen and oxygen atoms in total. The van der Waals surface area contributed by atoms with E-state index < -0.39 is 17.8 Å². The third-order valence-corrected chi connectivity index (χ3v) is 2.62. The highest BCUT2D eigenvalue weighted by Crippen LogP contribution is 2.17. The number of hydrogen-bond acceptors (Lipinski definition) is 3. The molecule has 0 radical (unpaired) electrons. The summed E-state index contributed by atoms with van der Waals surface area (Å²) in [5.41, 5.74) is -0.311. The maximum absolute atomic E-state index is 13.0. The predicted molar refractivity (Wildman–Crippen MR) is 69.9 cm³/mol. The van der Waals surface area contributed by atoms with Crippen molar-refractivity contribution in [3.05, 3.63) is 29.6 Å². The van der Waals surface area contributed by atoms with Gasteiger partial charge in [-0.15, -0.1) is 0 Å². The van der Waals surface area contributed by atoms with Crippen LogP contribution in [0.1, 0.15) is 23.7 Å². The number of urea groups is 1. The summed E-state index contributed by atoms with van der Waals surface area (Å²) in [6.45, 7) is 2.35. The van der Waals surface area contributed by atoms with Crippen LogP contribution in [0.3, 0.4) is 0 Å². The molecule has 0 aliphatic rings. The Hall–Kier alpha value is -2.62. The minimum absolute atomic E-state index is 0.0132. The summed E-state index contributed by atoms with van der Waals surface area (Å²) in [7, 11) is 0. The van der Waals surface area contributed by atoms with E-state index in [1.54, 1.807) is 6.92 Å². The van der Waals surface area contributed by atoms with Gasteiger partial charge in [0.2, 0.25) is 0 Å². The normalized spacial score (nSPS) is 9.65. The Bertz CT molecular complexity index is 554. The third-order valence-electron chi connectivity index (χ3n) is 2.62. The van der Waals surface area contributed by atoms with Crippen LogP contribution in [-0.4, -0.2) is 35.1 Å². The van der Waals surface area contributed by atoms with Crippen LogP contribution in [-0.2, 0) is 0 Å². The number of nitrogens with one attached hydrogen (secondary N) is 1. The summed E-state index contributed by atoms with van der Waals surface area (Å²) in [6.07, 6.45) is 0.177. The molecule has 1 aromatic rings. The van der Waals surface area contributed by atoms with Gasteiger partial charge in [0.05, 0.1) is 23.7 Å². The molecule has 1 rings (SSSR count). The number of rotatable bonds is 5. The number of aromatic carboxylic acids is 1. The average molecular weight is 279 g/mol. The van der Waals surface area contributed by atoms with E-state index in [1.165, 1.54) is 11.0 Å². The molecule has 20 heavy (non-hydrogen) atoms. The number of anilines is 1. The number of carbonyl (C=O) groups is 2. The number of nitrogens with zero attached hydrogens (tertiary/aromatic N) is 2. The van der Waals surface area contributed by atoms with E-state index in [0.717, 1.165) is 12.1 Å². The molecule has 0 aliphatic heterocycles. The fraction of sp³-hybridized carbons (Fsp3) is 0.308. The molecule has 1 aromatic carbocycles. The molecule has 2 amide bonds. The first kappa shape index (κ1) is 15.4. The SMILES string of the molecule is CCN(CCC#N)C(=O)Nc1ccc(F)cc1C(=O)O. The van der Waals surface area contributed by atoms with Gasteiger partial charge in [0.25, 0.3) is 0 Å². The van der Waals surface area contributed by atoms with Gasteiger partial charge >= 0.3 is 12.0 Å². The lowest BCUT2D eigenvalue weighted by Gasteiger charge is -2.20. The van der Waals surface area contributed by atoms with Crippen molar-refractivity contribution in [2.45, 2.75) is 13.3 Å². The van der Waals surface area contributed by atoms with Crippen molar-refractivity contribution < 1.29 is 19.1 Å². The standard InChI is InChI=1S/C13H14FN3O3/c1-2-17(7-3-6-15)13(20)16-11-5-4-9(14)8-10(11)12(18)19/h4-5,8H,2-3,7H2,1H3,(H,16,20)(H,18,19). The molecule has 0 unspecified atom stereocenters. The van der Waals surface area contributed by atoms with Crippen LogP contribution in [0.2, 0.25) is 0 Å². The first-order chi connectivity index (χ1) is 9.49. The Morgan fingerprint density at radius 3 is 2.75 bits per heavy atom. The second kappa shape index (κ2) is 7.09. The van der Waals surface area contributed by atoms with E-state index in [9.17, 15) is 14.0 Å². The molecular formula is C13H14FN3O3. The van der Waals surface area contributed by atoms with Crippen LogP contribution in [0.15, 0.2) is 18.2 Å². The Labute approximate surface area is 115 Å². The molecule has 0 saturated carbocycles. The van der Waals surface area contributed by atoms with Gasteiger partial charge in [-0.3, -0.25) is 0 Å². The lowest BCUT2D eigenvalue weighted by atomic mass is 10.1. The van der Waals surface area contributed by atoms with Crippen LogP contribution >= 0.6 is 0 Å². The molecule has 106 valence electrons. The fourth-order valence-electron chi connectivity index (χ4n) is 1.58. The van der Waals surface area contributed by atoms with Gasteiger partial charge in [0.1, 0.15) is 5.82 Å². The monoisotopic (exact) mass is 279 g/mol. The van der Waals surface area contributed by atoms with Crippen molar-refractivity contribution in [3.63, 3.8) is 0 Å². The first-order valence-electron chi connectivity index (χ1n) is 5.95. The highest BCUT2D eigenvalue weighted by Gasteiger charge is 2.16. The molecule has 0 saturated heterocycles. The molecule has 2 N–H and O–H groups in total. The highest BCUT2D eigenvalue weighted by molar-refractivity contribution is 6.00. The van der Waals surface area contributed by atoms with E-state index >= 15 is 0 Å². The topological polar surface area (TPSA) is 93.4 Å². The van der Waals surface area contributed by atoms with Gasteiger partial charge in [0.15, 0.2) is 0 Å². The number of benzene rings is 1. The second-order valence-corrected chi connectivity index (χ2v) is 3.91. The van der Waals surface area contributed by atoms with E-state index in [1.807, 2.05) is 6.07 Å². The first-order valence-corrected chi connectivity index (χ1v) is 5.95. The van der Waals surface area contributed by atoms with Crippen molar-refractivity contribution >= 4 is 17.7 Å². The summed E-state index contributed by atoms with van der Waals surface area (Å²) >= 11 is 0. The molecule has 7 heteroatoms. The lowest BCUT2D eigenvalue weighted by molar-refractivity contribution is 0.0697. The summed E-state index contributed by atoms with van der Waals surface area (Å²) in [4.78, 5) is 24.3. The Morgan fingerprint density at radius 1 is 1.50 bits per heavy atom.